The minimum absolute atomic E-state index is 0.0176. The lowest BCUT2D eigenvalue weighted by Crippen LogP contribution is -2.34. The standard InChI is InChI=1S/C10H7N7O2S2/c11-8-7(15-21-16-8)9(12)17(19)10(18)4-1-2-5-6(3-4)14-20-13-5/h1-3,12,19H,(H2,11,16). The Hall–Kier alpha value is -2.50. The first-order valence-electron chi connectivity index (χ1n) is 5.50. The SMILES string of the molecule is N=C(c1nsnc1N)N(O)C(=O)c1ccc2nsnc2c1. The Kier molecular flexibility index (Phi) is 3.29. The molecule has 2 heterocycles. The highest BCUT2D eigenvalue weighted by Gasteiger charge is 2.23. The Morgan fingerprint density at radius 3 is 2.62 bits per heavy atom. The lowest BCUT2D eigenvalue weighted by molar-refractivity contribution is -0.00317. The molecule has 4 N–H and O–H groups in total. The van der Waals surface area contributed by atoms with Crippen LogP contribution in [0.4, 0.5) is 5.82 Å². The van der Waals surface area contributed by atoms with Crippen molar-refractivity contribution in [1.29, 1.82) is 5.41 Å². The van der Waals surface area contributed by atoms with Gasteiger partial charge in [-0.2, -0.15) is 22.6 Å². The van der Waals surface area contributed by atoms with Crippen molar-refractivity contribution in [1.82, 2.24) is 22.6 Å². The van der Waals surface area contributed by atoms with Gasteiger partial charge in [-0.3, -0.25) is 15.4 Å². The zero-order chi connectivity index (χ0) is 15.0. The summed E-state index contributed by atoms with van der Waals surface area (Å²) in [4.78, 5) is 12.2. The molecule has 1 amide bonds. The lowest BCUT2D eigenvalue weighted by atomic mass is 10.2. The molecule has 0 aliphatic heterocycles. The number of amidine groups is 1. The number of carbonyl (C=O) groups is 1. The maximum Gasteiger partial charge on any atom is 0.283 e. The van der Waals surface area contributed by atoms with Gasteiger partial charge in [-0.1, -0.05) is 0 Å². The summed E-state index contributed by atoms with van der Waals surface area (Å²) in [6, 6.07) is 4.59. The molecule has 0 radical (unpaired) electrons. The van der Waals surface area contributed by atoms with Gasteiger partial charge in [-0.05, 0) is 18.2 Å². The van der Waals surface area contributed by atoms with Gasteiger partial charge in [0.25, 0.3) is 5.91 Å². The highest BCUT2D eigenvalue weighted by atomic mass is 32.1. The number of rotatable bonds is 2. The normalized spacial score (nSPS) is 10.7. The second kappa shape index (κ2) is 5.12. The Morgan fingerprint density at radius 2 is 1.90 bits per heavy atom. The first kappa shape index (κ1) is 13.5. The Bertz CT molecular complexity index is 843. The monoisotopic (exact) mass is 321 g/mol. The van der Waals surface area contributed by atoms with Crippen LogP contribution >= 0.6 is 23.5 Å². The van der Waals surface area contributed by atoms with Crippen LogP contribution in [0.25, 0.3) is 11.0 Å². The second-order valence-electron chi connectivity index (χ2n) is 3.93. The van der Waals surface area contributed by atoms with Gasteiger partial charge in [0.15, 0.2) is 17.3 Å². The molecule has 0 atom stereocenters. The van der Waals surface area contributed by atoms with Crippen molar-refractivity contribution in [2.24, 2.45) is 0 Å². The predicted molar refractivity (Wildman–Crippen MR) is 76.5 cm³/mol. The topological polar surface area (TPSA) is 142 Å². The van der Waals surface area contributed by atoms with E-state index in [1.165, 1.54) is 12.1 Å². The van der Waals surface area contributed by atoms with Gasteiger partial charge in [-0.15, -0.1) is 0 Å². The number of amides is 1. The molecule has 0 saturated heterocycles. The number of nitrogens with zero attached hydrogens (tertiary/aromatic N) is 5. The number of hydrogen-bond donors (Lipinski definition) is 3. The molecule has 0 bridgehead atoms. The molecular formula is C10H7N7O2S2. The van der Waals surface area contributed by atoms with E-state index in [1.54, 1.807) is 6.07 Å². The van der Waals surface area contributed by atoms with Crippen molar-refractivity contribution in [2.75, 3.05) is 5.73 Å². The van der Waals surface area contributed by atoms with E-state index in [9.17, 15) is 10.0 Å². The van der Waals surface area contributed by atoms with E-state index in [-0.39, 0.29) is 22.1 Å². The molecule has 0 spiro atoms. The third-order valence-electron chi connectivity index (χ3n) is 2.64. The third-order valence-corrected chi connectivity index (χ3v) is 3.74. The summed E-state index contributed by atoms with van der Waals surface area (Å²) in [5.74, 6) is -1.35. The van der Waals surface area contributed by atoms with Gasteiger partial charge in [0.2, 0.25) is 0 Å². The van der Waals surface area contributed by atoms with Crippen molar-refractivity contribution in [3.63, 3.8) is 0 Å². The van der Waals surface area contributed by atoms with Crippen LogP contribution < -0.4 is 5.73 Å². The van der Waals surface area contributed by atoms with Crippen LogP contribution in [0.2, 0.25) is 0 Å². The molecular weight excluding hydrogens is 314 g/mol. The quantitative estimate of drug-likeness (QED) is 0.276. The minimum Gasteiger partial charge on any atom is -0.381 e. The molecule has 0 saturated carbocycles. The summed E-state index contributed by atoms with van der Waals surface area (Å²) in [5.41, 5.74) is 6.83. The summed E-state index contributed by atoms with van der Waals surface area (Å²) in [6.45, 7) is 0. The molecule has 0 unspecified atom stereocenters. The van der Waals surface area contributed by atoms with E-state index in [1.807, 2.05) is 0 Å². The highest BCUT2D eigenvalue weighted by Crippen LogP contribution is 2.16. The Balaban J connectivity index is 1.90. The number of nitrogen functional groups attached to an aromatic ring is 1. The molecule has 0 fully saturated rings. The van der Waals surface area contributed by atoms with Gasteiger partial charge in [0, 0.05) is 5.56 Å². The second-order valence-corrected chi connectivity index (χ2v) is 4.99. The zero-order valence-electron chi connectivity index (χ0n) is 10.2. The molecule has 106 valence electrons. The number of nitrogens with one attached hydrogen (secondary N) is 1. The van der Waals surface area contributed by atoms with Crippen molar-refractivity contribution in [2.45, 2.75) is 0 Å². The fourth-order valence-electron chi connectivity index (χ4n) is 1.60. The number of nitrogens with two attached hydrogens (primary N) is 1. The number of anilines is 1. The largest absolute Gasteiger partial charge is 0.381 e. The summed E-state index contributed by atoms with van der Waals surface area (Å²) in [7, 11) is 0. The summed E-state index contributed by atoms with van der Waals surface area (Å²) in [6.07, 6.45) is 0. The van der Waals surface area contributed by atoms with Crippen LogP contribution in [0.3, 0.4) is 0 Å². The average molecular weight is 321 g/mol. The first-order chi connectivity index (χ1) is 10.1. The van der Waals surface area contributed by atoms with Crippen LogP contribution in [0, 0.1) is 5.41 Å². The summed E-state index contributed by atoms with van der Waals surface area (Å²) < 4.78 is 15.5. The smallest absolute Gasteiger partial charge is 0.283 e. The summed E-state index contributed by atoms with van der Waals surface area (Å²) >= 11 is 1.82. The molecule has 3 aromatic rings. The van der Waals surface area contributed by atoms with Crippen LogP contribution in [0.15, 0.2) is 18.2 Å². The van der Waals surface area contributed by atoms with E-state index in [0.717, 1.165) is 23.5 Å². The predicted octanol–water partition coefficient (Wildman–Crippen LogP) is 0.982. The van der Waals surface area contributed by atoms with Crippen LogP contribution in [-0.2, 0) is 0 Å². The number of fused-ring (bicyclic) bond motifs is 1. The number of carbonyl (C=O) groups excluding carboxylic acids is 1. The van der Waals surface area contributed by atoms with Gasteiger partial charge in [0.05, 0.1) is 23.5 Å². The van der Waals surface area contributed by atoms with Crippen molar-refractivity contribution < 1.29 is 10.0 Å². The molecule has 1 aromatic carbocycles. The minimum atomic E-state index is -0.790. The number of benzene rings is 1. The highest BCUT2D eigenvalue weighted by molar-refractivity contribution is 7.00. The van der Waals surface area contributed by atoms with Crippen LogP contribution in [0.5, 0.6) is 0 Å². The van der Waals surface area contributed by atoms with Crippen molar-refractivity contribution >= 4 is 52.1 Å². The van der Waals surface area contributed by atoms with E-state index in [2.05, 4.69) is 17.5 Å². The number of aromatic nitrogens is 4. The Labute approximate surface area is 125 Å². The van der Waals surface area contributed by atoms with Crippen molar-refractivity contribution in [3.05, 3.63) is 29.5 Å². The van der Waals surface area contributed by atoms with Gasteiger partial charge in [-0.25, -0.2) is 0 Å². The Morgan fingerprint density at radius 1 is 1.19 bits per heavy atom. The number of hydrogen-bond acceptors (Lipinski definition) is 10. The first-order valence-corrected chi connectivity index (χ1v) is 6.96. The van der Waals surface area contributed by atoms with Crippen molar-refractivity contribution in [3.8, 4) is 0 Å². The van der Waals surface area contributed by atoms with E-state index < -0.39 is 11.7 Å². The fraction of sp³-hybridized carbons (Fsp3) is 0. The van der Waals surface area contributed by atoms with Gasteiger partial charge >= 0.3 is 0 Å². The molecule has 21 heavy (non-hydrogen) atoms. The lowest BCUT2D eigenvalue weighted by Gasteiger charge is -2.14. The molecule has 0 aliphatic carbocycles. The molecule has 2 aromatic heterocycles. The molecule has 9 nitrogen and oxygen atoms in total. The fourth-order valence-corrected chi connectivity index (χ4v) is 2.59. The molecule has 3 rings (SSSR count). The van der Waals surface area contributed by atoms with E-state index >= 15 is 0 Å². The zero-order valence-corrected chi connectivity index (χ0v) is 11.9. The van der Waals surface area contributed by atoms with Gasteiger partial charge < -0.3 is 5.73 Å². The third kappa shape index (κ3) is 2.33. The van der Waals surface area contributed by atoms with E-state index in [0.29, 0.717) is 11.0 Å². The van der Waals surface area contributed by atoms with E-state index in [4.69, 9.17) is 11.1 Å². The van der Waals surface area contributed by atoms with Crippen LogP contribution in [0.1, 0.15) is 16.1 Å². The average Bonchev–Trinajstić information content (AvgIpc) is 3.12. The maximum absolute atomic E-state index is 12.2. The van der Waals surface area contributed by atoms with Gasteiger partial charge in [0.1, 0.15) is 11.0 Å². The summed E-state index contributed by atoms with van der Waals surface area (Å²) in [5, 5.41) is 17.8. The maximum atomic E-state index is 12.2. The molecule has 11 heteroatoms. The van der Waals surface area contributed by atoms with Crippen LogP contribution in [-0.4, -0.2) is 39.5 Å². The molecule has 0 aliphatic rings. The number of hydroxylamine groups is 2.